The van der Waals surface area contributed by atoms with Crippen LogP contribution >= 0.6 is 22.9 Å². The zero-order valence-corrected chi connectivity index (χ0v) is 27.4. The molecule has 7 heteroatoms. The number of thiazole rings is 1. The highest BCUT2D eigenvalue weighted by molar-refractivity contribution is 7.09. The van der Waals surface area contributed by atoms with Crippen LogP contribution in [0.15, 0.2) is 54.2 Å². The predicted molar refractivity (Wildman–Crippen MR) is 165 cm³/mol. The van der Waals surface area contributed by atoms with Crippen molar-refractivity contribution in [2.75, 3.05) is 11.9 Å². The zero-order valence-electron chi connectivity index (χ0n) is 24.2. The average molecular weight is 650 g/mol. The number of amides is 1. The number of benzene rings is 2. The number of unbranched alkanes of at least 4 members (excludes halogenated alkanes) is 11. The van der Waals surface area contributed by atoms with Crippen LogP contribution in [0.1, 0.15) is 100.0 Å². The lowest BCUT2D eigenvalue weighted by Crippen LogP contribution is -3.00. The summed E-state index contributed by atoms with van der Waals surface area (Å²) in [5, 5.41) is 3.57. The molecule has 0 fully saturated rings. The van der Waals surface area contributed by atoms with Crippen LogP contribution in [-0.2, 0) is 17.8 Å². The number of nitrogens with one attached hydrogen (secondary N) is 1. The molecule has 4 nitrogen and oxygen atoms in total. The maximum absolute atomic E-state index is 12.7. The van der Waals surface area contributed by atoms with Gasteiger partial charge in [-0.2, -0.15) is 4.57 Å². The van der Waals surface area contributed by atoms with Gasteiger partial charge in [0.1, 0.15) is 5.75 Å². The Balaban J connectivity index is 0.00000560. The molecule has 0 unspecified atom stereocenters. The first kappa shape index (κ1) is 34.3. The summed E-state index contributed by atoms with van der Waals surface area (Å²) in [4.78, 5) is 14.0. The Hall–Kier alpha value is -1.89. The van der Waals surface area contributed by atoms with Gasteiger partial charge in [-0.05, 0) is 43.2 Å². The second-order valence-corrected chi connectivity index (χ2v) is 12.0. The molecule has 0 spiro atoms. The quantitative estimate of drug-likeness (QED) is 0.122. The molecule has 0 radical (unpaired) electrons. The first-order valence-corrected chi connectivity index (χ1v) is 16.0. The third-order valence-electron chi connectivity index (χ3n) is 6.94. The molecule has 0 saturated heterocycles. The molecule has 0 atom stereocenters. The van der Waals surface area contributed by atoms with Gasteiger partial charge in [0.2, 0.25) is 11.4 Å². The lowest BCUT2D eigenvalue weighted by Gasteiger charge is -2.10. The summed E-state index contributed by atoms with van der Waals surface area (Å²) in [6.07, 6.45) is 18.3. The number of nitrogens with zero attached hydrogens (tertiary/aromatic N) is 1. The minimum Gasteiger partial charge on any atom is -1.00 e. The van der Waals surface area contributed by atoms with Crippen molar-refractivity contribution in [3.8, 4) is 5.75 Å². The molecule has 220 valence electrons. The third kappa shape index (κ3) is 13.6. The van der Waals surface area contributed by atoms with E-state index in [1.54, 1.807) is 11.3 Å². The van der Waals surface area contributed by atoms with E-state index in [-0.39, 0.29) is 29.3 Å². The minimum atomic E-state index is -0.0850. The number of halogens is 2. The average Bonchev–Trinajstić information content (AvgIpc) is 3.32. The molecule has 0 saturated carbocycles. The molecular formula is C33H46BrClN2O2S. The fourth-order valence-electron chi connectivity index (χ4n) is 4.76. The van der Waals surface area contributed by atoms with Crippen LogP contribution in [0, 0.1) is 6.92 Å². The summed E-state index contributed by atoms with van der Waals surface area (Å²) in [6.45, 7) is 5.85. The van der Waals surface area contributed by atoms with Gasteiger partial charge in [-0.3, -0.25) is 4.79 Å². The van der Waals surface area contributed by atoms with E-state index in [1.165, 1.54) is 75.5 Å². The molecule has 0 bridgehead atoms. The van der Waals surface area contributed by atoms with Crippen LogP contribution in [0.3, 0.4) is 0 Å². The topological polar surface area (TPSA) is 42.2 Å². The number of carbonyl (C=O) groups is 1. The Labute approximate surface area is 261 Å². The van der Waals surface area contributed by atoms with E-state index in [9.17, 15) is 4.79 Å². The fourth-order valence-corrected chi connectivity index (χ4v) is 5.63. The van der Waals surface area contributed by atoms with Gasteiger partial charge in [0, 0.05) is 16.3 Å². The van der Waals surface area contributed by atoms with E-state index in [0.29, 0.717) is 11.6 Å². The Morgan fingerprint density at radius 2 is 1.60 bits per heavy atom. The van der Waals surface area contributed by atoms with Gasteiger partial charge in [0.15, 0.2) is 12.7 Å². The zero-order chi connectivity index (χ0) is 27.7. The van der Waals surface area contributed by atoms with Crippen LogP contribution in [0.25, 0.3) is 0 Å². The van der Waals surface area contributed by atoms with E-state index in [0.717, 1.165) is 35.5 Å². The van der Waals surface area contributed by atoms with Crippen molar-refractivity contribution < 1.29 is 31.1 Å². The molecule has 1 aromatic heterocycles. The predicted octanol–water partition coefficient (Wildman–Crippen LogP) is 6.31. The number of hydrogen-bond acceptors (Lipinski definition) is 3. The maximum atomic E-state index is 12.7. The SMILES string of the molecule is CCCCCCCCCCCCCCOc1ccc(CC(=O)Nc2cccc(C[n+]3csc(C)c3)c2)c(Cl)c1.[Br-]. The minimum absolute atomic E-state index is 0. The molecule has 3 aromatic rings. The van der Waals surface area contributed by atoms with E-state index in [2.05, 4.69) is 41.5 Å². The van der Waals surface area contributed by atoms with Gasteiger partial charge in [-0.25, -0.2) is 0 Å². The summed E-state index contributed by atoms with van der Waals surface area (Å²) in [7, 11) is 0. The number of anilines is 1. The number of aromatic nitrogens is 1. The smallest absolute Gasteiger partial charge is 0.228 e. The first-order valence-electron chi connectivity index (χ1n) is 14.8. The first-order chi connectivity index (χ1) is 19.0. The normalized spacial score (nSPS) is 10.8. The van der Waals surface area contributed by atoms with Gasteiger partial charge >= 0.3 is 0 Å². The number of carbonyl (C=O) groups excluding carboxylic acids is 1. The highest BCUT2D eigenvalue weighted by atomic mass is 79.9. The molecule has 1 heterocycles. The third-order valence-corrected chi connectivity index (χ3v) is 8.14. The van der Waals surface area contributed by atoms with E-state index >= 15 is 0 Å². The molecule has 1 N–H and O–H groups in total. The standard InChI is InChI=1S/C33H45ClN2O2S.BrH/c1-3-4-5-6-7-8-9-10-11-12-13-14-20-38-31-19-18-29(32(34)23-31)22-33(37)35-30-17-15-16-28(21-30)25-36-24-27(2)39-26-36;/h15-19,21,23-24,26H,3-14,20,22,25H2,1-2H3;1H. The van der Waals surface area contributed by atoms with Gasteiger partial charge < -0.3 is 27.0 Å². The van der Waals surface area contributed by atoms with Crippen LogP contribution in [-0.4, -0.2) is 12.5 Å². The molecule has 0 aliphatic heterocycles. The number of rotatable bonds is 19. The molecule has 0 aliphatic carbocycles. The highest BCUT2D eigenvalue weighted by Crippen LogP contribution is 2.24. The fraction of sp³-hybridized carbons (Fsp3) is 0.515. The van der Waals surface area contributed by atoms with Crippen molar-refractivity contribution in [2.24, 2.45) is 0 Å². The van der Waals surface area contributed by atoms with Crippen molar-refractivity contribution >= 4 is 34.5 Å². The number of aryl methyl sites for hydroxylation is 1. The van der Waals surface area contributed by atoms with E-state index < -0.39 is 0 Å². The van der Waals surface area contributed by atoms with Crippen molar-refractivity contribution in [2.45, 2.75) is 104 Å². The van der Waals surface area contributed by atoms with Crippen LogP contribution in [0.5, 0.6) is 5.75 Å². The Bertz CT molecular complexity index is 1140. The highest BCUT2D eigenvalue weighted by Gasteiger charge is 2.11. The van der Waals surface area contributed by atoms with Crippen LogP contribution < -0.4 is 31.6 Å². The van der Waals surface area contributed by atoms with Gasteiger partial charge in [0.05, 0.1) is 17.9 Å². The number of hydrogen-bond donors (Lipinski definition) is 1. The van der Waals surface area contributed by atoms with Gasteiger partial charge in [-0.1, -0.05) is 119 Å². The molecule has 40 heavy (non-hydrogen) atoms. The second-order valence-electron chi connectivity index (χ2n) is 10.6. The summed E-state index contributed by atoms with van der Waals surface area (Å²) in [6, 6.07) is 13.6. The Morgan fingerprint density at radius 1 is 0.925 bits per heavy atom. The van der Waals surface area contributed by atoms with E-state index in [1.807, 2.05) is 36.4 Å². The molecule has 2 aromatic carbocycles. The lowest BCUT2D eigenvalue weighted by atomic mass is 10.1. The molecular weight excluding hydrogens is 604 g/mol. The second kappa shape index (κ2) is 20.1. The summed E-state index contributed by atoms with van der Waals surface area (Å²) >= 11 is 8.22. The summed E-state index contributed by atoms with van der Waals surface area (Å²) in [5.41, 5.74) is 4.84. The van der Waals surface area contributed by atoms with Gasteiger partial charge in [-0.15, -0.1) is 0 Å². The number of ether oxygens (including phenoxy) is 1. The van der Waals surface area contributed by atoms with Crippen LogP contribution in [0.2, 0.25) is 5.02 Å². The van der Waals surface area contributed by atoms with Crippen LogP contribution in [0.4, 0.5) is 5.69 Å². The lowest BCUT2D eigenvalue weighted by molar-refractivity contribution is -0.683. The monoisotopic (exact) mass is 648 g/mol. The van der Waals surface area contributed by atoms with Crippen molar-refractivity contribution in [1.29, 1.82) is 0 Å². The molecule has 1 amide bonds. The van der Waals surface area contributed by atoms with E-state index in [4.69, 9.17) is 16.3 Å². The maximum Gasteiger partial charge on any atom is 0.228 e. The van der Waals surface area contributed by atoms with Crippen molar-refractivity contribution in [3.63, 3.8) is 0 Å². The summed E-state index contributed by atoms with van der Waals surface area (Å²) in [5.74, 6) is 0.680. The molecule has 3 rings (SSSR count). The van der Waals surface area contributed by atoms with Crippen molar-refractivity contribution in [1.82, 2.24) is 0 Å². The van der Waals surface area contributed by atoms with Gasteiger partial charge in [0.25, 0.3) is 0 Å². The van der Waals surface area contributed by atoms with Crippen molar-refractivity contribution in [3.05, 3.63) is 75.2 Å². The Kier molecular flexibility index (Phi) is 17.2. The molecule has 0 aliphatic rings. The Morgan fingerprint density at radius 3 is 2.23 bits per heavy atom. The largest absolute Gasteiger partial charge is 1.00 e. The summed E-state index contributed by atoms with van der Waals surface area (Å²) < 4.78 is 8.07.